The van der Waals surface area contributed by atoms with E-state index in [2.05, 4.69) is 34.4 Å². The van der Waals surface area contributed by atoms with Crippen LogP contribution in [0.3, 0.4) is 0 Å². The first-order valence-electron chi connectivity index (χ1n) is 7.38. The molecule has 0 bridgehead atoms. The maximum absolute atomic E-state index is 9.57. The van der Waals surface area contributed by atoms with Crippen molar-refractivity contribution in [2.75, 3.05) is 23.8 Å². The van der Waals surface area contributed by atoms with E-state index in [-0.39, 0.29) is 18.1 Å². The van der Waals surface area contributed by atoms with Gasteiger partial charge in [0.05, 0.1) is 12.1 Å². The third-order valence-electron chi connectivity index (χ3n) is 3.57. The molecule has 1 aromatic rings. The van der Waals surface area contributed by atoms with Crippen molar-refractivity contribution in [3.05, 3.63) is 11.4 Å². The second-order valence-electron chi connectivity index (χ2n) is 5.79. The third kappa shape index (κ3) is 3.82. The van der Waals surface area contributed by atoms with Crippen molar-refractivity contribution in [1.82, 2.24) is 9.97 Å². The monoisotopic (exact) mass is 280 g/mol. The largest absolute Gasteiger partial charge is 0.394 e. The molecule has 0 amide bonds. The zero-order valence-electron chi connectivity index (χ0n) is 13.5. The smallest absolute Gasteiger partial charge is 0.135 e. The second-order valence-corrected chi connectivity index (χ2v) is 5.79. The predicted molar refractivity (Wildman–Crippen MR) is 84.4 cm³/mol. The Kier molecular flexibility index (Phi) is 5.74. The summed E-state index contributed by atoms with van der Waals surface area (Å²) in [6, 6.07) is 0. The van der Waals surface area contributed by atoms with Crippen molar-refractivity contribution in [1.29, 1.82) is 0 Å². The lowest BCUT2D eigenvalue weighted by Crippen LogP contribution is -2.38. The average molecular weight is 280 g/mol. The fourth-order valence-electron chi connectivity index (χ4n) is 1.78. The van der Waals surface area contributed by atoms with Crippen LogP contribution in [0.15, 0.2) is 0 Å². The topological polar surface area (TPSA) is 70.1 Å². The molecule has 0 aromatic carbocycles. The summed E-state index contributed by atoms with van der Waals surface area (Å²) in [7, 11) is 0. The van der Waals surface area contributed by atoms with Crippen LogP contribution in [-0.4, -0.2) is 33.8 Å². The van der Waals surface area contributed by atoms with Gasteiger partial charge in [-0.05, 0) is 27.2 Å². The molecule has 0 fully saturated rings. The van der Waals surface area contributed by atoms with Crippen molar-refractivity contribution in [2.24, 2.45) is 0 Å². The van der Waals surface area contributed by atoms with Gasteiger partial charge in [0.2, 0.25) is 0 Å². The van der Waals surface area contributed by atoms with Gasteiger partial charge >= 0.3 is 0 Å². The second kappa shape index (κ2) is 6.88. The molecule has 0 saturated carbocycles. The number of rotatable bonds is 7. The number of aromatic nitrogens is 2. The van der Waals surface area contributed by atoms with Crippen molar-refractivity contribution in [3.8, 4) is 0 Å². The summed E-state index contributed by atoms with van der Waals surface area (Å²) in [5, 5.41) is 16.2. The summed E-state index contributed by atoms with van der Waals surface area (Å²) < 4.78 is 0. The third-order valence-corrected chi connectivity index (χ3v) is 3.57. The number of anilines is 2. The minimum absolute atomic E-state index is 0.0699. The molecule has 1 heterocycles. The van der Waals surface area contributed by atoms with Crippen molar-refractivity contribution in [2.45, 2.75) is 59.4 Å². The van der Waals surface area contributed by atoms with E-state index in [9.17, 15) is 5.11 Å². The quantitative estimate of drug-likeness (QED) is 0.716. The van der Waals surface area contributed by atoms with Gasteiger partial charge in [0.15, 0.2) is 0 Å². The fourth-order valence-corrected chi connectivity index (χ4v) is 1.78. The summed E-state index contributed by atoms with van der Waals surface area (Å²) in [5.74, 6) is 2.74. The van der Waals surface area contributed by atoms with Gasteiger partial charge in [-0.2, -0.15) is 0 Å². The highest BCUT2D eigenvalue weighted by atomic mass is 16.3. The molecule has 114 valence electrons. The first kappa shape index (κ1) is 16.7. The lowest BCUT2D eigenvalue weighted by atomic mass is 10.00. The summed E-state index contributed by atoms with van der Waals surface area (Å²) in [6.07, 6.45) is 0.820. The first-order valence-corrected chi connectivity index (χ1v) is 7.38. The number of nitrogens with zero attached hydrogens (tertiary/aromatic N) is 2. The van der Waals surface area contributed by atoms with E-state index in [4.69, 9.17) is 0 Å². The average Bonchev–Trinajstić information content (AvgIpc) is 2.42. The van der Waals surface area contributed by atoms with E-state index in [0.29, 0.717) is 0 Å². The minimum atomic E-state index is -0.364. The molecule has 1 aromatic heterocycles. The Bertz CT molecular complexity index is 442. The number of hydrogen-bond donors (Lipinski definition) is 3. The molecule has 0 radical (unpaired) electrons. The van der Waals surface area contributed by atoms with Crippen LogP contribution in [0.25, 0.3) is 0 Å². The van der Waals surface area contributed by atoms with Gasteiger partial charge in [-0.1, -0.05) is 20.8 Å². The molecule has 20 heavy (non-hydrogen) atoms. The highest BCUT2D eigenvalue weighted by molar-refractivity contribution is 5.58. The molecule has 0 aliphatic rings. The Morgan fingerprint density at radius 2 is 1.80 bits per heavy atom. The Labute approximate surface area is 122 Å². The van der Waals surface area contributed by atoms with Gasteiger partial charge in [0, 0.05) is 18.0 Å². The van der Waals surface area contributed by atoms with Gasteiger partial charge in [-0.3, -0.25) is 0 Å². The van der Waals surface area contributed by atoms with Crippen LogP contribution in [0.5, 0.6) is 0 Å². The van der Waals surface area contributed by atoms with E-state index >= 15 is 0 Å². The summed E-state index contributed by atoms with van der Waals surface area (Å²) >= 11 is 0. The lowest BCUT2D eigenvalue weighted by molar-refractivity contribution is 0.218. The fraction of sp³-hybridized carbons (Fsp3) is 0.733. The Morgan fingerprint density at radius 1 is 1.20 bits per heavy atom. The normalized spacial score (nSPS) is 14.2. The van der Waals surface area contributed by atoms with Crippen LogP contribution >= 0.6 is 0 Å². The van der Waals surface area contributed by atoms with Crippen LogP contribution in [0.1, 0.15) is 58.3 Å². The van der Waals surface area contributed by atoms with Gasteiger partial charge in [-0.15, -0.1) is 0 Å². The SMILES string of the molecule is CCNc1nc(C(C)C)nc(NC(C)(CC)CO)c1C. The highest BCUT2D eigenvalue weighted by Crippen LogP contribution is 2.26. The van der Waals surface area contributed by atoms with E-state index in [1.54, 1.807) is 0 Å². The van der Waals surface area contributed by atoms with E-state index in [0.717, 1.165) is 36.0 Å². The molecule has 1 rings (SSSR count). The Morgan fingerprint density at radius 3 is 2.25 bits per heavy atom. The molecule has 5 heteroatoms. The molecule has 1 unspecified atom stereocenters. The summed E-state index contributed by atoms with van der Waals surface area (Å²) in [6.45, 7) is 13.1. The first-order chi connectivity index (χ1) is 9.36. The molecule has 0 aliphatic heterocycles. The van der Waals surface area contributed by atoms with Crippen molar-refractivity contribution in [3.63, 3.8) is 0 Å². The predicted octanol–water partition coefficient (Wildman–Crippen LogP) is 2.91. The Balaban J connectivity index is 3.23. The zero-order valence-corrected chi connectivity index (χ0v) is 13.5. The maximum Gasteiger partial charge on any atom is 0.135 e. The van der Waals surface area contributed by atoms with Crippen LogP contribution in [0.2, 0.25) is 0 Å². The van der Waals surface area contributed by atoms with Gasteiger partial charge in [0.1, 0.15) is 17.5 Å². The van der Waals surface area contributed by atoms with Crippen molar-refractivity contribution < 1.29 is 5.11 Å². The van der Waals surface area contributed by atoms with Gasteiger partial charge in [0.25, 0.3) is 0 Å². The number of aliphatic hydroxyl groups is 1. The molecule has 0 spiro atoms. The van der Waals surface area contributed by atoms with E-state index in [1.165, 1.54) is 0 Å². The maximum atomic E-state index is 9.57. The molecular weight excluding hydrogens is 252 g/mol. The molecule has 1 atom stereocenters. The number of hydrogen-bond acceptors (Lipinski definition) is 5. The lowest BCUT2D eigenvalue weighted by Gasteiger charge is -2.29. The summed E-state index contributed by atoms with van der Waals surface area (Å²) in [4.78, 5) is 9.20. The molecular formula is C15H28N4O. The van der Waals surface area contributed by atoms with E-state index in [1.807, 2.05) is 27.7 Å². The zero-order chi connectivity index (χ0) is 15.3. The Hall–Kier alpha value is -1.36. The standard InChI is InChI=1S/C15H28N4O/c1-7-15(6,9-20)19-14-11(5)13(16-8-2)17-12(18-14)10(3)4/h10,20H,7-9H2,1-6H3,(H2,16,17,18,19). The minimum Gasteiger partial charge on any atom is -0.394 e. The number of nitrogens with one attached hydrogen (secondary N) is 2. The van der Waals surface area contributed by atoms with Crippen LogP contribution in [0, 0.1) is 6.92 Å². The van der Waals surface area contributed by atoms with Crippen molar-refractivity contribution >= 4 is 11.6 Å². The number of aliphatic hydroxyl groups excluding tert-OH is 1. The molecule has 3 N–H and O–H groups in total. The van der Waals surface area contributed by atoms with Gasteiger partial charge < -0.3 is 15.7 Å². The summed E-state index contributed by atoms with van der Waals surface area (Å²) in [5.41, 5.74) is 0.626. The molecule has 0 aliphatic carbocycles. The van der Waals surface area contributed by atoms with Gasteiger partial charge in [-0.25, -0.2) is 9.97 Å². The van der Waals surface area contributed by atoms with E-state index < -0.39 is 0 Å². The van der Waals surface area contributed by atoms with Crippen LogP contribution in [0.4, 0.5) is 11.6 Å². The van der Waals surface area contributed by atoms with Crippen LogP contribution < -0.4 is 10.6 Å². The highest BCUT2D eigenvalue weighted by Gasteiger charge is 2.23. The van der Waals surface area contributed by atoms with Crippen LogP contribution in [-0.2, 0) is 0 Å². The molecule has 0 saturated heterocycles. The molecule has 5 nitrogen and oxygen atoms in total.